The lowest BCUT2D eigenvalue weighted by Gasteiger charge is -2.33. The van der Waals surface area contributed by atoms with Crippen molar-refractivity contribution < 1.29 is 0 Å². The van der Waals surface area contributed by atoms with Crippen LogP contribution in [0.5, 0.6) is 0 Å². The van der Waals surface area contributed by atoms with Gasteiger partial charge in [0.2, 0.25) is 0 Å². The first-order chi connectivity index (χ1) is 69.2. The van der Waals surface area contributed by atoms with Crippen LogP contribution in [0.4, 0.5) is 0 Å². The standard InChI is InChI=1S/C143H150/c1-19-23-27-31-35-47-71-143(72-48-36-32-28-24-20-2)120-56-44-42-52-104(120)110-68-60-96(82-130(110)143)94-58-64-106-108-66-62-98(80-124(108)138(11,12)122(106)78-94)100-75-91(7)134(92(8)76-100)116-86-132-136(112-54-40-38-50-102(112)116)118-88-126-114(84-128(118)141(132,17)18)113-83-127-117(87-125(113)139(126,13)14)135-111-53-39-37-49-101(111)115(85-131(135)140(127,15)16)133-89(5)73-99(74-90(133)6)97-61-65-107-105-63-57-93(77-121(105)137(9,10)123(107)79-97)95-59-67-109-103-51-41-43-55-119(103)142(129(109)81-95,69-45-33-29-25-21-3)70-46-34-30-26-22-4/h37-44,49-68,73-88H,19-36,45-48,69-72H2,1-18H3. The quantitative estimate of drug-likeness (QED) is 0.0369. The largest absolute Gasteiger partial charge is 0.0654 e. The van der Waals surface area contributed by atoms with Crippen molar-refractivity contribution in [2.24, 2.45) is 0 Å². The van der Waals surface area contributed by atoms with E-state index in [4.69, 9.17) is 0 Å². The van der Waals surface area contributed by atoms with Crippen LogP contribution in [0, 0.1) is 27.7 Å². The molecule has 0 unspecified atom stereocenters. The van der Waals surface area contributed by atoms with Gasteiger partial charge in [0.05, 0.1) is 0 Å². The SMILES string of the molecule is CCCCCCCCC1(CCCCCCCC)c2ccccc2-c2ccc(-c3ccc4c(c3)C(C)(C)c3cc(-c5cc(C)c(-c6cc7c(c8ccccc68)-c6cc8c(cc6C7(C)C)-c6cc7c(cc6C8(C)C)-c6c(cc(-c8c(C)cc(-c9ccc%10c(c9)C(C)(C)c9cc(-c%11ccc%12c(c%11)C(CCCCCCC)(CCCCCCC)c%11ccccc%11-%12)ccc9-%10)cc8C)c8ccccc68)C7(C)C)c(C)c5)ccc3-4)cc21. The molecule has 722 valence electrons. The highest BCUT2D eigenvalue weighted by molar-refractivity contribution is 6.13. The van der Waals surface area contributed by atoms with E-state index in [2.05, 4.69) is 392 Å². The van der Waals surface area contributed by atoms with Gasteiger partial charge in [0.25, 0.3) is 0 Å². The number of fused-ring (bicyclic) bond motifs is 25. The first-order valence-electron chi connectivity index (χ1n) is 56.0. The molecule has 0 radical (unpaired) electrons. The summed E-state index contributed by atoms with van der Waals surface area (Å²) in [4.78, 5) is 0. The lowest BCUT2D eigenvalue weighted by atomic mass is 9.70. The van der Waals surface area contributed by atoms with E-state index in [0.717, 1.165) is 0 Å². The van der Waals surface area contributed by atoms with Crippen LogP contribution in [0.3, 0.4) is 0 Å². The summed E-state index contributed by atoms with van der Waals surface area (Å²) < 4.78 is 0. The van der Waals surface area contributed by atoms with Crippen LogP contribution < -0.4 is 0 Å². The van der Waals surface area contributed by atoms with Gasteiger partial charge in [-0.3, -0.25) is 0 Å². The number of aryl methyl sites for hydroxylation is 4. The Balaban J connectivity index is 0.520. The molecule has 0 fully saturated rings. The van der Waals surface area contributed by atoms with Crippen LogP contribution in [-0.2, 0) is 37.9 Å². The summed E-state index contributed by atoms with van der Waals surface area (Å²) in [5, 5.41) is 5.32. The Morgan fingerprint density at radius 2 is 0.371 bits per heavy atom. The maximum absolute atomic E-state index is 2.66. The third kappa shape index (κ3) is 15.1. The van der Waals surface area contributed by atoms with Gasteiger partial charge in [0, 0.05) is 37.9 Å². The molecule has 0 spiro atoms. The Kier molecular flexibility index (Phi) is 24.1. The van der Waals surface area contributed by atoms with Gasteiger partial charge in [0.15, 0.2) is 0 Å². The first kappa shape index (κ1) is 94.6. The van der Waals surface area contributed by atoms with E-state index in [1.165, 1.54) is 411 Å². The molecule has 0 bridgehead atoms. The van der Waals surface area contributed by atoms with Gasteiger partial charge < -0.3 is 0 Å². The maximum atomic E-state index is 2.66. The Bertz CT molecular complexity index is 7560. The van der Waals surface area contributed by atoms with Crippen molar-refractivity contribution in [1.82, 2.24) is 0 Å². The zero-order valence-electron chi connectivity index (χ0n) is 89.3. The molecule has 0 N–H and O–H groups in total. The molecular weight excluding hydrogens is 1720 g/mol. The summed E-state index contributed by atoms with van der Waals surface area (Å²) in [6.45, 7) is 43.8. The molecule has 0 heterocycles. The Morgan fingerprint density at radius 3 is 0.678 bits per heavy atom. The molecule has 0 aromatic heterocycles. The molecule has 0 aliphatic heterocycles. The highest BCUT2D eigenvalue weighted by atomic mass is 14.5. The molecule has 143 heavy (non-hydrogen) atoms. The zero-order chi connectivity index (χ0) is 98.7. The van der Waals surface area contributed by atoms with Crippen molar-refractivity contribution in [2.75, 3.05) is 0 Å². The predicted octanol–water partition coefficient (Wildman–Crippen LogP) is 41.5. The van der Waals surface area contributed by atoms with Gasteiger partial charge in [0.1, 0.15) is 0 Å². The molecule has 0 saturated carbocycles. The molecule has 7 aliphatic rings. The van der Waals surface area contributed by atoms with Gasteiger partial charge in [-0.15, -0.1) is 0 Å². The first-order valence-corrected chi connectivity index (χ1v) is 56.0. The molecule has 0 saturated heterocycles. The maximum Gasteiger partial charge on any atom is 0.0215 e. The number of rotatable bonds is 32. The number of unbranched alkanes of at least 4 members (excludes halogenated alkanes) is 18. The Hall–Kier alpha value is -12.0. The normalized spacial score (nSPS) is 15.8. The number of hydrogen-bond donors (Lipinski definition) is 0. The number of benzene rings is 16. The van der Waals surface area contributed by atoms with Gasteiger partial charge in [-0.1, -0.05) is 432 Å². The highest BCUT2D eigenvalue weighted by Gasteiger charge is 2.50. The summed E-state index contributed by atoms with van der Waals surface area (Å²) >= 11 is 0. The molecule has 7 aliphatic carbocycles. The molecule has 16 aromatic rings. The van der Waals surface area contributed by atoms with E-state index in [0.29, 0.717) is 0 Å². The second kappa shape index (κ2) is 36.4. The summed E-state index contributed by atoms with van der Waals surface area (Å²) in [5.41, 5.74) is 60.2. The van der Waals surface area contributed by atoms with Crippen molar-refractivity contribution in [2.45, 2.75) is 329 Å². The van der Waals surface area contributed by atoms with Crippen LogP contribution in [0.1, 0.15) is 364 Å². The van der Waals surface area contributed by atoms with Crippen molar-refractivity contribution in [1.29, 1.82) is 0 Å². The van der Waals surface area contributed by atoms with Gasteiger partial charge in [-0.05, 0) is 393 Å². The molecule has 0 atom stereocenters. The molecular formula is C143H150. The lowest BCUT2D eigenvalue weighted by Crippen LogP contribution is -2.25. The lowest BCUT2D eigenvalue weighted by molar-refractivity contribution is 0.398. The topological polar surface area (TPSA) is 0 Å². The molecule has 0 amide bonds. The van der Waals surface area contributed by atoms with Crippen LogP contribution in [0.15, 0.2) is 267 Å². The fourth-order valence-electron chi connectivity index (χ4n) is 29.7. The summed E-state index contributed by atoms with van der Waals surface area (Å²) in [7, 11) is 0. The summed E-state index contributed by atoms with van der Waals surface area (Å²) in [6.07, 6.45) is 33.9. The molecule has 0 nitrogen and oxygen atoms in total. The van der Waals surface area contributed by atoms with Crippen molar-refractivity contribution in [3.8, 4) is 145 Å². The fraction of sp³-hybridized carbons (Fsp3) is 0.357. The average molecular weight is 1870 g/mol. The predicted molar refractivity (Wildman–Crippen MR) is 616 cm³/mol. The van der Waals surface area contributed by atoms with E-state index < -0.39 is 0 Å². The zero-order valence-corrected chi connectivity index (χ0v) is 89.3. The third-order valence-electron chi connectivity index (χ3n) is 37.4. The van der Waals surface area contributed by atoms with Crippen LogP contribution in [0.2, 0.25) is 0 Å². The molecule has 0 heteroatoms. The van der Waals surface area contributed by atoms with Crippen LogP contribution in [-0.4, -0.2) is 0 Å². The van der Waals surface area contributed by atoms with Gasteiger partial charge in [-0.2, -0.15) is 0 Å². The minimum absolute atomic E-state index is 0.0448. The van der Waals surface area contributed by atoms with Crippen LogP contribution >= 0.6 is 0 Å². The molecule has 16 aromatic carbocycles. The second-order valence-corrected chi connectivity index (χ2v) is 47.9. The second-order valence-electron chi connectivity index (χ2n) is 47.9. The van der Waals surface area contributed by atoms with Gasteiger partial charge in [-0.25, -0.2) is 0 Å². The summed E-state index contributed by atoms with van der Waals surface area (Å²) in [6, 6.07) is 108. The van der Waals surface area contributed by atoms with Gasteiger partial charge >= 0.3 is 0 Å². The van der Waals surface area contributed by atoms with E-state index in [-0.39, 0.29) is 37.9 Å². The van der Waals surface area contributed by atoms with Crippen LogP contribution in [0.25, 0.3) is 166 Å². The minimum Gasteiger partial charge on any atom is -0.0654 e. The average Bonchev–Trinajstić information content (AvgIpc) is 1.51. The van der Waals surface area contributed by atoms with E-state index in [1.54, 1.807) is 22.3 Å². The van der Waals surface area contributed by atoms with E-state index in [1.807, 2.05) is 0 Å². The smallest absolute Gasteiger partial charge is 0.0215 e. The highest BCUT2D eigenvalue weighted by Crippen LogP contribution is 2.65. The van der Waals surface area contributed by atoms with Crippen molar-refractivity contribution in [3.05, 3.63) is 367 Å². The van der Waals surface area contributed by atoms with E-state index >= 15 is 0 Å². The van der Waals surface area contributed by atoms with Crippen molar-refractivity contribution in [3.63, 3.8) is 0 Å². The number of hydrogen-bond acceptors (Lipinski definition) is 0. The Morgan fingerprint density at radius 1 is 0.154 bits per heavy atom. The Labute approximate surface area is 856 Å². The third-order valence-corrected chi connectivity index (χ3v) is 37.4. The monoisotopic (exact) mass is 1870 g/mol. The molecule has 23 rings (SSSR count). The fourth-order valence-corrected chi connectivity index (χ4v) is 29.7. The van der Waals surface area contributed by atoms with E-state index in [9.17, 15) is 0 Å². The van der Waals surface area contributed by atoms with Crippen molar-refractivity contribution >= 4 is 21.5 Å². The summed E-state index contributed by atoms with van der Waals surface area (Å²) in [5.74, 6) is 0. The minimum atomic E-state index is -0.276.